The number of pyridine rings is 1. The fraction of sp³-hybridized carbons (Fsp3) is 0.296. The first kappa shape index (κ1) is 23.9. The molecule has 1 amide bonds. The molecule has 2 aromatic heterocycles. The van der Waals surface area contributed by atoms with Gasteiger partial charge in [0.1, 0.15) is 17.4 Å². The number of nitrogens with one attached hydrogen (secondary N) is 1. The van der Waals surface area contributed by atoms with Crippen molar-refractivity contribution in [3.63, 3.8) is 0 Å². The normalized spacial score (nSPS) is 14.1. The van der Waals surface area contributed by atoms with E-state index in [-0.39, 0.29) is 18.6 Å². The molecule has 36 heavy (non-hydrogen) atoms. The lowest BCUT2D eigenvalue weighted by molar-refractivity contribution is 0.0659. The topological polar surface area (TPSA) is 91.3 Å². The number of aliphatic hydroxyl groups excluding tert-OH is 1. The van der Waals surface area contributed by atoms with Crippen LogP contribution >= 0.6 is 0 Å². The largest absolute Gasteiger partial charge is 0.490 e. The van der Waals surface area contributed by atoms with Gasteiger partial charge in [-0.15, -0.1) is 0 Å². The second kappa shape index (κ2) is 9.66. The van der Waals surface area contributed by atoms with Crippen LogP contribution in [0.15, 0.2) is 48.8 Å². The summed E-state index contributed by atoms with van der Waals surface area (Å²) >= 11 is 0. The highest BCUT2D eigenvalue weighted by molar-refractivity contribution is 5.96. The molecule has 0 bridgehead atoms. The summed E-state index contributed by atoms with van der Waals surface area (Å²) < 4.78 is 33.8. The monoisotopic (exact) mass is 492 g/mol. The number of benzene rings is 2. The fourth-order valence-electron chi connectivity index (χ4n) is 4.38. The Morgan fingerprint density at radius 3 is 2.61 bits per heavy atom. The fourth-order valence-corrected chi connectivity index (χ4v) is 4.38. The number of H-pyrrole nitrogens is 1. The quantitative estimate of drug-likeness (QED) is 0.368. The van der Waals surface area contributed by atoms with Gasteiger partial charge in [0.15, 0.2) is 0 Å². The molecular formula is C27H26F2N4O3. The Bertz CT molecular complexity index is 1410. The molecule has 0 spiro atoms. The predicted molar refractivity (Wildman–Crippen MR) is 131 cm³/mol. The third kappa shape index (κ3) is 4.54. The van der Waals surface area contributed by atoms with E-state index in [9.17, 15) is 18.7 Å². The Morgan fingerprint density at radius 1 is 1.19 bits per heavy atom. The lowest BCUT2D eigenvalue weighted by Crippen LogP contribution is -2.33. The van der Waals surface area contributed by atoms with Crippen molar-refractivity contribution in [2.75, 3.05) is 13.7 Å². The summed E-state index contributed by atoms with van der Waals surface area (Å²) in [4.78, 5) is 19.5. The first-order chi connectivity index (χ1) is 17.4. The summed E-state index contributed by atoms with van der Waals surface area (Å²) in [6.45, 7) is 1.67. The minimum Gasteiger partial charge on any atom is -0.490 e. The number of amides is 1. The van der Waals surface area contributed by atoms with Crippen molar-refractivity contribution in [2.24, 2.45) is 0 Å². The van der Waals surface area contributed by atoms with Gasteiger partial charge in [-0.1, -0.05) is 6.92 Å². The SMILES string of the molecule is CCc1ncc([C@@H](CO)N(C)C(=O)c2ccc(-c3cc(F)cc(F)c3)c(OC3CC3)c2)c2[nH]ncc12. The standard InChI is InChI=1S/C27H26F2N4O3/c1-3-23-21-13-31-32-26(21)22(12-30-23)24(14-34)33(2)27(35)15-4-7-20(25(10-15)36-19-5-6-19)16-8-17(28)11-18(29)9-16/h4,7-13,19,24,34H,3,5-6,14H2,1-2H3,(H,31,32)/t24-/m1/s1. The number of rotatable bonds is 8. The number of aliphatic hydroxyl groups is 1. The van der Waals surface area contributed by atoms with Crippen molar-refractivity contribution in [3.05, 3.63) is 77.2 Å². The summed E-state index contributed by atoms with van der Waals surface area (Å²) in [5.74, 6) is -1.35. The maximum atomic E-state index is 13.9. The van der Waals surface area contributed by atoms with Gasteiger partial charge in [0.2, 0.25) is 0 Å². The predicted octanol–water partition coefficient (Wildman–Crippen LogP) is 4.81. The van der Waals surface area contributed by atoms with E-state index in [1.807, 2.05) is 6.92 Å². The molecule has 1 atom stereocenters. The molecule has 1 saturated carbocycles. The highest BCUT2D eigenvalue weighted by atomic mass is 19.1. The van der Waals surface area contributed by atoms with Gasteiger partial charge in [-0.05, 0) is 55.2 Å². The number of ether oxygens (including phenoxy) is 1. The molecule has 2 heterocycles. The van der Waals surface area contributed by atoms with Crippen LogP contribution < -0.4 is 4.74 Å². The molecule has 0 aliphatic heterocycles. The molecule has 4 aromatic rings. The molecule has 0 radical (unpaired) electrons. The van der Waals surface area contributed by atoms with Crippen molar-refractivity contribution in [3.8, 4) is 16.9 Å². The van der Waals surface area contributed by atoms with E-state index in [4.69, 9.17) is 4.74 Å². The zero-order chi connectivity index (χ0) is 25.4. The summed E-state index contributed by atoms with van der Waals surface area (Å²) in [5.41, 5.74) is 3.40. The maximum absolute atomic E-state index is 13.9. The maximum Gasteiger partial charge on any atom is 0.254 e. The van der Waals surface area contributed by atoms with Crippen molar-refractivity contribution < 1.29 is 23.4 Å². The number of nitrogens with zero attached hydrogens (tertiary/aromatic N) is 3. The Balaban J connectivity index is 1.49. The number of hydrogen-bond donors (Lipinski definition) is 2. The first-order valence-corrected chi connectivity index (χ1v) is 11.9. The lowest BCUT2D eigenvalue weighted by Gasteiger charge is -2.27. The molecule has 5 rings (SSSR count). The van der Waals surface area contributed by atoms with E-state index >= 15 is 0 Å². The van der Waals surface area contributed by atoms with Gasteiger partial charge in [-0.3, -0.25) is 14.9 Å². The Kier molecular flexibility index (Phi) is 6.40. The van der Waals surface area contributed by atoms with Crippen molar-refractivity contribution in [2.45, 2.75) is 38.3 Å². The second-order valence-corrected chi connectivity index (χ2v) is 8.97. The van der Waals surface area contributed by atoms with E-state index in [2.05, 4.69) is 15.2 Å². The highest BCUT2D eigenvalue weighted by Gasteiger charge is 2.28. The second-order valence-electron chi connectivity index (χ2n) is 8.97. The third-order valence-corrected chi connectivity index (χ3v) is 6.47. The molecule has 1 fully saturated rings. The van der Waals surface area contributed by atoms with E-state index in [0.717, 1.165) is 41.9 Å². The van der Waals surface area contributed by atoms with Crippen LogP contribution in [0.5, 0.6) is 5.75 Å². The van der Waals surface area contributed by atoms with Crippen LogP contribution in [0.3, 0.4) is 0 Å². The van der Waals surface area contributed by atoms with Gasteiger partial charge in [0, 0.05) is 41.4 Å². The van der Waals surface area contributed by atoms with Gasteiger partial charge in [0.05, 0.1) is 36.2 Å². The lowest BCUT2D eigenvalue weighted by atomic mass is 10.0. The van der Waals surface area contributed by atoms with Crippen LogP contribution in [0.25, 0.3) is 22.0 Å². The number of aromatic nitrogens is 3. The summed E-state index contributed by atoms with van der Waals surface area (Å²) in [6, 6.07) is 7.41. The van der Waals surface area contributed by atoms with Crippen LogP contribution in [0.2, 0.25) is 0 Å². The molecule has 1 aliphatic carbocycles. The van der Waals surface area contributed by atoms with Gasteiger partial charge < -0.3 is 14.7 Å². The van der Waals surface area contributed by atoms with Crippen LogP contribution in [0, 0.1) is 11.6 Å². The van der Waals surface area contributed by atoms with Crippen LogP contribution in [0.1, 0.15) is 47.4 Å². The zero-order valence-electron chi connectivity index (χ0n) is 20.0. The molecule has 2 aromatic carbocycles. The van der Waals surface area contributed by atoms with Crippen molar-refractivity contribution in [1.29, 1.82) is 0 Å². The molecule has 186 valence electrons. The minimum atomic E-state index is -0.694. The number of hydrogen-bond acceptors (Lipinski definition) is 5. The number of halogens is 2. The van der Waals surface area contributed by atoms with Crippen LogP contribution in [-0.2, 0) is 6.42 Å². The molecule has 1 aliphatic rings. The van der Waals surface area contributed by atoms with E-state index in [1.54, 1.807) is 37.6 Å². The molecule has 0 saturated heterocycles. The Morgan fingerprint density at radius 2 is 1.94 bits per heavy atom. The average molecular weight is 493 g/mol. The molecule has 2 N–H and O–H groups in total. The number of carbonyl (C=O) groups excluding carboxylic acids is 1. The number of aromatic amines is 1. The number of aryl methyl sites for hydroxylation is 1. The van der Waals surface area contributed by atoms with E-state index in [0.29, 0.717) is 28.0 Å². The van der Waals surface area contributed by atoms with E-state index < -0.39 is 17.7 Å². The molecular weight excluding hydrogens is 466 g/mol. The Hall–Kier alpha value is -3.85. The van der Waals surface area contributed by atoms with Crippen molar-refractivity contribution in [1.82, 2.24) is 20.1 Å². The Labute approximate surface area is 206 Å². The van der Waals surface area contributed by atoms with Gasteiger partial charge in [-0.25, -0.2) is 8.78 Å². The summed E-state index contributed by atoms with van der Waals surface area (Å²) in [5, 5.41) is 18.2. The molecule has 7 nitrogen and oxygen atoms in total. The first-order valence-electron chi connectivity index (χ1n) is 11.9. The zero-order valence-corrected chi connectivity index (χ0v) is 20.0. The number of fused-ring (bicyclic) bond motifs is 1. The number of carbonyl (C=O) groups is 1. The van der Waals surface area contributed by atoms with Gasteiger partial charge in [-0.2, -0.15) is 5.10 Å². The average Bonchev–Trinajstić information content (AvgIpc) is 3.54. The van der Waals surface area contributed by atoms with Crippen LogP contribution in [-0.4, -0.2) is 50.9 Å². The highest BCUT2D eigenvalue weighted by Crippen LogP contribution is 2.37. The third-order valence-electron chi connectivity index (χ3n) is 6.47. The minimum absolute atomic E-state index is 0.00671. The number of likely N-dealkylation sites (N-methyl/N-ethyl adjacent to an activating group) is 1. The van der Waals surface area contributed by atoms with Gasteiger partial charge in [0.25, 0.3) is 5.91 Å². The van der Waals surface area contributed by atoms with Crippen LogP contribution in [0.4, 0.5) is 8.78 Å². The van der Waals surface area contributed by atoms with Gasteiger partial charge >= 0.3 is 0 Å². The molecule has 9 heteroatoms. The van der Waals surface area contributed by atoms with E-state index in [1.165, 1.54) is 17.0 Å². The molecule has 0 unspecified atom stereocenters. The summed E-state index contributed by atoms with van der Waals surface area (Å²) in [7, 11) is 1.61. The summed E-state index contributed by atoms with van der Waals surface area (Å²) in [6.07, 6.45) is 5.84. The smallest absolute Gasteiger partial charge is 0.254 e. The van der Waals surface area contributed by atoms with Crippen molar-refractivity contribution >= 4 is 16.8 Å².